The molecule has 0 aromatic rings. The van der Waals surface area contributed by atoms with Gasteiger partial charge in [-0.05, 0) is 70.6 Å². The summed E-state index contributed by atoms with van der Waals surface area (Å²) >= 11 is 0. The lowest BCUT2D eigenvalue weighted by Gasteiger charge is -2.18. The molecular formula is C41H73O8P. The smallest absolute Gasteiger partial charge is 0.462 e. The van der Waals surface area contributed by atoms with Crippen molar-refractivity contribution in [2.45, 2.75) is 187 Å². The lowest BCUT2D eigenvalue weighted by atomic mass is 10.1. The van der Waals surface area contributed by atoms with Crippen LogP contribution in [0.1, 0.15) is 181 Å². The van der Waals surface area contributed by atoms with Crippen molar-refractivity contribution in [3.8, 4) is 0 Å². The lowest BCUT2D eigenvalue weighted by Crippen LogP contribution is -2.29. The van der Waals surface area contributed by atoms with Gasteiger partial charge in [0.15, 0.2) is 6.10 Å². The van der Waals surface area contributed by atoms with Gasteiger partial charge in [-0.3, -0.25) is 14.1 Å². The summed E-state index contributed by atoms with van der Waals surface area (Å²) in [4.78, 5) is 42.8. The molecule has 9 heteroatoms. The first-order chi connectivity index (χ1) is 24.3. The number of ether oxygens (including phenoxy) is 2. The molecule has 0 saturated carbocycles. The summed E-state index contributed by atoms with van der Waals surface area (Å²) in [5.41, 5.74) is 0. The molecule has 2 N–H and O–H groups in total. The normalized spacial score (nSPS) is 13.0. The van der Waals surface area contributed by atoms with Crippen molar-refractivity contribution in [2.24, 2.45) is 0 Å². The Morgan fingerprint density at radius 3 is 1.48 bits per heavy atom. The van der Waals surface area contributed by atoms with Gasteiger partial charge in [0.25, 0.3) is 0 Å². The van der Waals surface area contributed by atoms with Gasteiger partial charge in [-0.1, -0.05) is 146 Å². The molecule has 0 heterocycles. The van der Waals surface area contributed by atoms with Crippen LogP contribution >= 0.6 is 7.82 Å². The Balaban J connectivity index is 3.99. The second-order valence-corrected chi connectivity index (χ2v) is 14.5. The monoisotopic (exact) mass is 725 g/mol. The van der Waals surface area contributed by atoms with E-state index in [0.29, 0.717) is 12.8 Å². The Hall–Kier alpha value is -1.99. The average molecular weight is 725 g/mol. The van der Waals surface area contributed by atoms with Crippen molar-refractivity contribution in [3.05, 3.63) is 48.6 Å². The fourth-order valence-corrected chi connectivity index (χ4v) is 5.69. The maximum Gasteiger partial charge on any atom is 0.469 e. The van der Waals surface area contributed by atoms with E-state index < -0.39 is 32.5 Å². The van der Waals surface area contributed by atoms with Crippen LogP contribution in [0.4, 0.5) is 0 Å². The van der Waals surface area contributed by atoms with Crippen LogP contribution in [0.15, 0.2) is 48.6 Å². The number of rotatable bonds is 36. The van der Waals surface area contributed by atoms with Crippen LogP contribution in [-0.2, 0) is 28.2 Å². The fourth-order valence-electron chi connectivity index (χ4n) is 5.33. The number of carbonyl (C=O) groups is 2. The van der Waals surface area contributed by atoms with Gasteiger partial charge >= 0.3 is 19.8 Å². The number of allylic oxidation sites excluding steroid dienone is 8. The molecule has 0 spiro atoms. The fraction of sp³-hybridized carbons (Fsp3) is 0.756. The molecule has 50 heavy (non-hydrogen) atoms. The summed E-state index contributed by atoms with van der Waals surface area (Å²) in [7, 11) is -4.76. The maximum atomic E-state index is 12.4. The van der Waals surface area contributed by atoms with E-state index in [2.05, 4.69) is 67.0 Å². The minimum atomic E-state index is -4.76. The molecule has 0 unspecified atom stereocenters. The molecule has 0 fully saturated rings. The number of phosphoric ester groups is 1. The highest BCUT2D eigenvalue weighted by atomic mass is 31.2. The van der Waals surface area contributed by atoms with Crippen molar-refractivity contribution < 1.29 is 37.9 Å². The Bertz CT molecular complexity index is 952. The van der Waals surface area contributed by atoms with E-state index in [-0.39, 0.29) is 19.4 Å². The van der Waals surface area contributed by atoms with Gasteiger partial charge < -0.3 is 19.3 Å². The highest BCUT2D eigenvalue weighted by molar-refractivity contribution is 7.46. The summed E-state index contributed by atoms with van der Waals surface area (Å²) < 4.78 is 26.3. The Morgan fingerprint density at radius 1 is 0.540 bits per heavy atom. The molecule has 0 aliphatic heterocycles. The van der Waals surface area contributed by atoms with Gasteiger partial charge in [-0.2, -0.15) is 0 Å². The number of esters is 2. The molecule has 0 radical (unpaired) electrons. The third-order valence-corrected chi connectivity index (χ3v) is 8.83. The molecule has 0 aliphatic rings. The first kappa shape index (κ1) is 48.0. The molecule has 1 atom stereocenters. The van der Waals surface area contributed by atoms with E-state index in [1.807, 2.05) is 0 Å². The van der Waals surface area contributed by atoms with Crippen LogP contribution in [0.5, 0.6) is 0 Å². The summed E-state index contributed by atoms with van der Waals surface area (Å²) in [6.45, 7) is 3.61. The van der Waals surface area contributed by atoms with Crippen LogP contribution in [-0.4, -0.2) is 41.0 Å². The van der Waals surface area contributed by atoms with Crippen molar-refractivity contribution >= 4 is 19.8 Å². The van der Waals surface area contributed by atoms with E-state index >= 15 is 0 Å². The quantitative estimate of drug-likeness (QED) is 0.0215. The average Bonchev–Trinajstić information content (AvgIpc) is 3.08. The van der Waals surface area contributed by atoms with Crippen LogP contribution < -0.4 is 0 Å². The van der Waals surface area contributed by atoms with Crippen molar-refractivity contribution in [1.82, 2.24) is 0 Å². The van der Waals surface area contributed by atoms with Gasteiger partial charge in [0.2, 0.25) is 0 Å². The SMILES string of the molecule is CCCCC/C=C/C/C=C/CCCCCCCCCC(=O)OC[C@H](COP(=O)(O)O)OC(=O)CCCCCCC/C=C/C=C/CCCCCC. The van der Waals surface area contributed by atoms with Crippen LogP contribution in [0.25, 0.3) is 0 Å². The number of carbonyl (C=O) groups excluding carboxylic acids is 2. The summed E-state index contributed by atoms with van der Waals surface area (Å²) in [5.74, 6) is -0.913. The van der Waals surface area contributed by atoms with Gasteiger partial charge in [-0.15, -0.1) is 0 Å². The van der Waals surface area contributed by atoms with Gasteiger partial charge in [0, 0.05) is 12.8 Å². The summed E-state index contributed by atoms with van der Waals surface area (Å²) in [6.07, 6.45) is 43.9. The van der Waals surface area contributed by atoms with Crippen LogP contribution in [0.3, 0.4) is 0 Å². The molecule has 0 aromatic heterocycles. The standard InChI is InChI=1S/C41H73O8P/c1-3-5-7-9-11-13-15-17-19-20-22-23-25-27-29-31-33-35-40(42)47-37-39(38-48-50(44,45)46)49-41(43)36-34-32-30-28-26-24-21-18-16-14-12-10-8-6-4-2/h11,13-14,16-19,21,39H,3-10,12,15,20,22-38H2,1-2H3,(H2,44,45,46)/b13-11+,16-14+,19-17+,21-18+/t39-/m1/s1. The zero-order valence-corrected chi connectivity index (χ0v) is 32.7. The van der Waals surface area contributed by atoms with E-state index in [1.165, 1.54) is 70.6 Å². The molecule has 0 saturated heterocycles. The minimum absolute atomic E-state index is 0.191. The maximum absolute atomic E-state index is 12.4. The Kier molecular flexibility index (Phi) is 35.3. The first-order valence-electron chi connectivity index (χ1n) is 19.9. The second kappa shape index (κ2) is 36.8. The first-order valence-corrected chi connectivity index (χ1v) is 21.5. The lowest BCUT2D eigenvalue weighted by molar-refractivity contribution is -0.161. The van der Waals surface area contributed by atoms with E-state index in [0.717, 1.165) is 70.6 Å². The summed E-state index contributed by atoms with van der Waals surface area (Å²) in [5, 5.41) is 0. The third kappa shape index (κ3) is 38.8. The van der Waals surface area contributed by atoms with Crippen LogP contribution in [0, 0.1) is 0 Å². The second-order valence-electron chi connectivity index (χ2n) is 13.3. The topological polar surface area (TPSA) is 119 Å². The Morgan fingerprint density at radius 2 is 0.960 bits per heavy atom. The van der Waals surface area contributed by atoms with E-state index in [9.17, 15) is 14.2 Å². The number of hydrogen-bond acceptors (Lipinski definition) is 6. The molecular weight excluding hydrogens is 651 g/mol. The predicted octanol–water partition coefficient (Wildman–Crippen LogP) is 12.0. The molecule has 0 aromatic carbocycles. The molecule has 0 bridgehead atoms. The number of hydrogen-bond donors (Lipinski definition) is 2. The number of phosphoric acid groups is 1. The number of unbranched alkanes of at least 4 members (excludes halogenated alkanes) is 19. The molecule has 290 valence electrons. The van der Waals surface area contributed by atoms with Gasteiger partial charge in [0.1, 0.15) is 6.61 Å². The van der Waals surface area contributed by atoms with Gasteiger partial charge in [0.05, 0.1) is 6.61 Å². The van der Waals surface area contributed by atoms with Crippen molar-refractivity contribution in [3.63, 3.8) is 0 Å². The van der Waals surface area contributed by atoms with Crippen molar-refractivity contribution in [1.29, 1.82) is 0 Å². The van der Waals surface area contributed by atoms with Crippen LogP contribution in [0.2, 0.25) is 0 Å². The highest BCUT2D eigenvalue weighted by Gasteiger charge is 2.22. The molecule has 0 aliphatic carbocycles. The zero-order chi connectivity index (χ0) is 36.8. The largest absolute Gasteiger partial charge is 0.469 e. The van der Waals surface area contributed by atoms with E-state index in [4.69, 9.17) is 19.3 Å². The van der Waals surface area contributed by atoms with Gasteiger partial charge in [-0.25, -0.2) is 4.57 Å². The third-order valence-electron chi connectivity index (χ3n) is 8.35. The Labute approximate surface area is 305 Å². The minimum Gasteiger partial charge on any atom is -0.462 e. The highest BCUT2D eigenvalue weighted by Crippen LogP contribution is 2.36. The predicted molar refractivity (Wildman–Crippen MR) is 207 cm³/mol. The zero-order valence-electron chi connectivity index (χ0n) is 31.8. The molecule has 8 nitrogen and oxygen atoms in total. The molecule has 0 amide bonds. The molecule has 0 rings (SSSR count). The van der Waals surface area contributed by atoms with Crippen molar-refractivity contribution in [2.75, 3.05) is 13.2 Å². The van der Waals surface area contributed by atoms with E-state index in [1.54, 1.807) is 0 Å². The summed E-state index contributed by atoms with van der Waals surface area (Å²) in [6, 6.07) is 0.